The zero-order chi connectivity index (χ0) is 24.1. The Morgan fingerprint density at radius 2 is 1.76 bits per heavy atom. The number of nitrogens with zero attached hydrogens (tertiary/aromatic N) is 2. The Morgan fingerprint density at radius 3 is 2.44 bits per heavy atom. The van der Waals surface area contributed by atoms with E-state index in [2.05, 4.69) is 4.90 Å². The highest BCUT2D eigenvalue weighted by molar-refractivity contribution is 6.46. The molecule has 0 unspecified atom stereocenters. The third kappa shape index (κ3) is 4.78. The zero-order valence-electron chi connectivity index (χ0n) is 19.5. The van der Waals surface area contributed by atoms with Crippen molar-refractivity contribution in [2.45, 2.75) is 12.5 Å². The summed E-state index contributed by atoms with van der Waals surface area (Å²) in [5.74, 6) is -0.472. The van der Waals surface area contributed by atoms with Crippen molar-refractivity contribution in [3.05, 3.63) is 65.2 Å². The van der Waals surface area contributed by atoms with E-state index in [0.717, 1.165) is 19.6 Å². The van der Waals surface area contributed by atoms with E-state index >= 15 is 0 Å². The number of carbonyl (C=O) groups is 2. The molecule has 2 aromatic carbocycles. The summed E-state index contributed by atoms with van der Waals surface area (Å²) in [5, 5.41) is 11.2. The SMILES string of the molecule is COc1ccc(OC)c([C@@H]2C(=C(O)c3ccccc3)C(=O)C(=O)N2CCCN2CCOCC2)c1. The minimum Gasteiger partial charge on any atom is -0.507 e. The van der Waals surface area contributed by atoms with Crippen LogP contribution in [0.5, 0.6) is 11.5 Å². The molecule has 34 heavy (non-hydrogen) atoms. The summed E-state index contributed by atoms with van der Waals surface area (Å²) in [6.07, 6.45) is 0.682. The van der Waals surface area contributed by atoms with E-state index < -0.39 is 17.7 Å². The van der Waals surface area contributed by atoms with E-state index in [0.29, 0.717) is 48.8 Å². The molecule has 2 heterocycles. The van der Waals surface area contributed by atoms with Crippen LogP contribution in [0.2, 0.25) is 0 Å². The molecule has 0 spiro atoms. The second kappa shape index (κ2) is 10.7. The third-order valence-electron chi connectivity index (χ3n) is 6.30. The Morgan fingerprint density at radius 1 is 1.03 bits per heavy atom. The van der Waals surface area contributed by atoms with Crippen molar-refractivity contribution >= 4 is 17.4 Å². The number of likely N-dealkylation sites (tertiary alicyclic amines) is 1. The Hall–Kier alpha value is -3.36. The van der Waals surface area contributed by atoms with Gasteiger partial charge in [0.05, 0.1) is 39.0 Å². The molecular weight excluding hydrogens is 436 g/mol. The second-order valence-corrected chi connectivity index (χ2v) is 8.27. The molecule has 180 valence electrons. The molecule has 8 nitrogen and oxygen atoms in total. The molecule has 0 radical (unpaired) electrons. The number of morpholine rings is 1. The lowest BCUT2D eigenvalue weighted by Gasteiger charge is -2.29. The van der Waals surface area contributed by atoms with E-state index in [-0.39, 0.29) is 11.3 Å². The van der Waals surface area contributed by atoms with Crippen LogP contribution in [-0.4, -0.2) is 80.2 Å². The molecule has 1 amide bonds. The number of ether oxygens (including phenoxy) is 3. The van der Waals surface area contributed by atoms with Crippen LogP contribution < -0.4 is 9.47 Å². The van der Waals surface area contributed by atoms with Crippen LogP contribution in [0.3, 0.4) is 0 Å². The number of hydrogen-bond donors (Lipinski definition) is 1. The zero-order valence-corrected chi connectivity index (χ0v) is 19.5. The van der Waals surface area contributed by atoms with Gasteiger partial charge in [0.2, 0.25) is 0 Å². The molecule has 2 aliphatic heterocycles. The molecule has 2 aliphatic rings. The number of aliphatic hydroxyl groups is 1. The Bertz CT molecular complexity index is 1060. The summed E-state index contributed by atoms with van der Waals surface area (Å²) in [7, 11) is 3.09. The van der Waals surface area contributed by atoms with Gasteiger partial charge in [-0.15, -0.1) is 0 Å². The van der Waals surface area contributed by atoms with E-state index in [1.54, 1.807) is 49.6 Å². The Labute approximate surface area is 199 Å². The molecule has 2 fully saturated rings. The highest BCUT2D eigenvalue weighted by Gasteiger charge is 2.47. The van der Waals surface area contributed by atoms with Gasteiger partial charge in [-0.25, -0.2) is 0 Å². The van der Waals surface area contributed by atoms with Gasteiger partial charge < -0.3 is 24.2 Å². The van der Waals surface area contributed by atoms with Crippen molar-refractivity contribution in [1.29, 1.82) is 0 Å². The van der Waals surface area contributed by atoms with Crippen LogP contribution in [0, 0.1) is 0 Å². The van der Waals surface area contributed by atoms with E-state index in [1.165, 1.54) is 12.0 Å². The first kappa shape index (κ1) is 23.8. The molecule has 0 saturated carbocycles. The minimum atomic E-state index is -0.796. The van der Waals surface area contributed by atoms with E-state index in [9.17, 15) is 14.7 Å². The molecule has 4 rings (SSSR count). The molecular formula is C26H30N2O6. The van der Waals surface area contributed by atoms with Gasteiger partial charge in [-0.1, -0.05) is 30.3 Å². The van der Waals surface area contributed by atoms with Crippen LogP contribution in [0.4, 0.5) is 0 Å². The number of amides is 1. The molecule has 2 saturated heterocycles. The highest BCUT2D eigenvalue weighted by Crippen LogP contribution is 2.43. The quantitative estimate of drug-likeness (QED) is 0.364. The maximum Gasteiger partial charge on any atom is 0.295 e. The van der Waals surface area contributed by atoms with Crippen LogP contribution in [-0.2, 0) is 14.3 Å². The maximum absolute atomic E-state index is 13.2. The predicted molar refractivity (Wildman–Crippen MR) is 127 cm³/mol. The maximum atomic E-state index is 13.2. The number of ketones is 1. The lowest BCUT2D eigenvalue weighted by Crippen LogP contribution is -2.39. The smallest absolute Gasteiger partial charge is 0.295 e. The number of methoxy groups -OCH3 is 2. The van der Waals surface area contributed by atoms with Gasteiger partial charge in [-0.05, 0) is 24.6 Å². The van der Waals surface area contributed by atoms with Gasteiger partial charge in [-0.3, -0.25) is 14.5 Å². The second-order valence-electron chi connectivity index (χ2n) is 8.27. The fraction of sp³-hybridized carbons (Fsp3) is 0.385. The van der Waals surface area contributed by atoms with Crippen LogP contribution in [0.15, 0.2) is 54.1 Å². The highest BCUT2D eigenvalue weighted by atomic mass is 16.5. The first-order chi connectivity index (χ1) is 16.5. The van der Waals surface area contributed by atoms with Crippen molar-refractivity contribution in [3.63, 3.8) is 0 Å². The van der Waals surface area contributed by atoms with Gasteiger partial charge in [0.25, 0.3) is 11.7 Å². The predicted octanol–water partition coefficient (Wildman–Crippen LogP) is 2.85. The largest absolute Gasteiger partial charge is 0.507 e. The molecule has 2 aromatic rings. The normalized spacial score (nSPS) is 20.5. The summed E-state index contributed by atoms with van der Waals surface area (Å²) < 4.78 is 16.4. The summed E-state index contributed by atoms with van der Waals surface area (Å²) in [4.78, 5) is 30.2. The van der Waals surface area contributed by atoms with Crippen LogP contribution >= 0.6 is 0 Å². The van der Waals surface area contributed by atoms with Gasteiger partial charge >= 0.3 is 0 Å². The van der Waals surface area contributed by atoms with Crippen molar-refractivity contribution in [2.24, 2.45) is 0 Å². The van der Waals surface area contributed by atoms with Crippen LogP contribution in [0.25, 0.3) is 5.76 Å². The van der Waals surface area contributed by atoms with Crippen molar-refractivity contribution < 1.29 is 28.9 Å². The summed E-state index contributed by atoms with van der Waals surface area (Å²) >= 11 is 0. The lowest BCUT2D eigenvalue weighted by molar-refractivity contribution is -0.140. The number of carbonyl (C=O) groups excluding carboxylic acids is 2. The number of rotatable bonds is 8. The van der Waals surface area contributed by atoms with Crippen molar-refractivity contribution in [2.75, 3.05) is 53.6 Å². The number of hydrogen-bond acceptors (Lipinski definition) is 7. The molecule has 1 N–H and O–H groups in total. The minimum absolute atomic E-state index is 0.0501. The van der Waals surface area contributed by atoms with E-state index in [1.807, 2.05) is 6.07 Å². The Kier molecular flexibility index (Phi) is 7.49. The average molecular weight is 467 g/mol. The fourth-order valence-electron chi connectivity index (χ4n) is 4.53. The monoisotopic (exact) mass is 466 g/mol. The molecule has 0 bridgehead atoms. The van der Waals surface area contributed by atoms with Crippen molar-refractivity contribution in [1.82, 2.24) is 9.80 Å². The van der Waals surface area contributed by atoms with Crippen LogP contribution in [0.1, 0.15) is 23.6 Å². The molecule has 0 aliphatic carbocycles. The topological polar surface area (TPSA) is 88.5 Å². The number of benzene rings is 2. The first-order valence-electron chi connectivity index (χ1n) is 11.4. The van der Waals surface area contributed by atoms with E-state index in [4.69, 9.17) is 14.2 Å². The molecule has 1 atom stereocenters. The van der Waals surface area contributed by atoms with Gasteiger partial charge in [0, 0.05) is 37.3 Å². The standard InChI is InChI=1S/C26H30N2O6/c1-32-19-9-10-21(33-2)20(17-19)23-22(24(29)18-7-4-3-5-8-18)25(30)26(31)28(23)12-6-11-27-13-15-34-16-14-27/h3-5,7-10,17,23,29H,6,11-16H2,1-2H3/t23-/m1/s1. The lowest BCUT2D eigenvalue weighted by atomic mass is 9.94. The van der Waals surface area contributed by atoms with Gasteiger partial charge in [0.1, 0.15) is 17.3 Å². The summed E-state index contributed by atoms with van der Waals surface area (Å²) in [6, 6.07) is 13.2. The summed E-state index contributed by atoms with van der Waals surface area (Å²) in [5.41, 5.74) is 1.11. The number of Topliss-reactive ketones (excluding diaryl/α,β-unsaturated/α-hetero) is 1. The average Bonchev–Trinajstić information content (AvgIpc) is 3.14. The number of aliphatic hydroxyl groups excluding tert-OH is 1. The first-order valence-corrected chi connectivity index (χ1v) is 11.4. The van der Waals surface area contributed by atoms with Crippen molar-refractivity contribution in [3.8, 4) is 11.5 Å². The third-order valence-corrected chi connectivity index (χ3v) is 6.30. The molecule has 8 heteroatoms. The van der Waals surface area contributed by atoms with Gasteiger partial charge in [0.15, 0.2) is 0 Å². The molecule has 0 aromatic heterocycles. The summed E-state index contributed by atoms with van der Waals surface area (Å²) in [6.45, 7) is 4.23. The fourth-order valence-corrected chi connectivity index (χ4v) is 4.53. The Balaban J connectivity index is 1.74. The van der Waals surface area contributed by atoms with Gasteiger partial charge in [-0.2, -0.15) is 0 Å².